The number of halogens is 1. The summed E-state index contributed by atoms with van der Waals surface area (Å²) in [4.78, 5) is 17.6. The molecule has 0 radical (unpaired) electrons. The Morgan fingerprint density at radius 3 is 2.91 bits per heavy atom. The van der Waals surface area contributed by atoms with Crippen molar-refractivity contribution in [3.8, 4) is 0 Å². The number of amides is 1. The van der Waals surface area contributed by atoms with Crippen LogP contribution >= 0.6 is 0 Å². The topological polar surface area (TPSA) is 85.3 Å². The second-order valence-corrected chi connectivity index (χ2v) is 5.13. The van der Waals surface area contributed by atoms with Gasteiger partial charge in [-0.1, -0.05) is 24.2 Å². The van der Waals surface area contributed by atoms with Crippen LogP contribution < -0.4 is 5.73 Å². The molecule has 0 fully saturated rings. The summed E-state index contributed by atoms with van der Waals surface area (Å²) in [5, 5.41) is 3.86. The molecule has 1 aromatic carbocycles. The summed E-state index contributed by atoms with van der Waals surface area (Å²) in [6.45, 7) is 2.27. The predicted molar refractivity (Wildman–Crippen MR) is 78.1 cm³/mol. The third-order valence-electron chi connectivity index (χ3n) is 3.24. The van der Waals surface area contributed by atoms with Crippen LogP contribution in [0.15, 0.2) is 28.8 Å². The number of benzene rings is 1. The van der Waals surface area contributed by atoms with E-state index in [1.807, 2.05) is 6.92 Å². The van der Waals surface area contributed by atoms with E-state index in [2.05, 4.69) is 10.1 Å². The molecule has 0 bridgehead atoms. The smallest absolute Gasteiger partial charge is 0.240 e. The first-order chi connectivity index (χ1) is 10.5. The molecule has 0 spiro atoms. The fourth-order valence-corrected chi connectivity index (χ4v) is 2.30. The number of nitrogens with zero attached hydrogens (tertiary/aromatic N) is 3. The molecule has 1 atom stereocenters. The molecule has 22 heavy (non-hydrogen) atoms. The zero-order chi connectivity index (χ0) is 16.1. The number of nitrogens with two attached hydrogens (primary N) is 1. The summed E-state index contributed by atoms with van der Waals surface area (Å²) in [6.07, 6.45) is 1.65. The quantitative estimate of drug-likeness (QED) is 0.843. The van der Waals surface area contributed by atoms with Crippen LogP contribution in [0.3, 0.4) is 0 Å². The van der Waals surface area contributed by atoms with Gasteiger partial charge < -0.3 is 10.3 Å². The first-order valence-electron chi connectivity index (χ1n) is 7.07. The van der Waals surface area contributed by atoms with E-state index in [0.29, 0.717) is 17.3 Å². The standard InChI is InChI=1S/C15H19FN4O2/c1-3-5-12-18-13(22-19-12)9-20(2)14(15(17)21)10-6-4-7-11(16)8-10/h4,6-8,14H,3,5,9H2,1-2H3,(H2,17,21)/t14-/m0/s1. The van der Waals surface area contributed by atoms with E-state index < -0.39 is 17.8 Å². The van der Waals surface area contributed by atoms with Gasteiger partial charge in [0.25, 0.3) is 0 Å². The van der Waals surface area contributed by atoms with Crippen LogP contribution in [0.25, 0.3) is 0 Å². The number of carbonyl (C=O) groups is 1. The van der Waals surface area contributed by atoms with Crippen molar-refractivity contribution in [1.29, 1.82) is 0 Å². The van der Waals surface area contributed by atoms with Crippen LogP contribution in [0.4, 0.5) is 4.39 Å². The maximum atomic E-state index is 13.4. The van der Waals surface area contributed by atoms with Gasteiger partial charge in [-0.15, -0.1) is 0 Å². The van der Waals surface area contributed by atoms with E-state index in [4.69, 9.17) is 10.3 Å². The number of aryl methyl sites for hydroxylation is 1. The first kappa shape index (κ1) is 16.1. The highest BCUT2D eigenvalue weighted by Crippen LogP contribution is 2.21. The van der Waals surface area contributed by atoms with Gasteiger partial charge in [-0.2, -0.15) is 4.98 Å². The van der Waals surface area contributed by atoms with Crippen molar-refractivity contribution < 1.29 is 13.7 Å². The molecule has 0 unspecified atom stereocenters. The summed E-state index contributed by atoms with van der Waals surface area (Å²) < 4.78 is 18.5. The molecule has 2 rings (SSSR count). The Balaban J connectivity index is 2.15. The van der Waals surface area contributed by atoms with Gasteiger partial charge >= 0.3 is 0 Å². The van der Waals surface area contributed by atoms with Crippen molar-refractivity contribution >= 4 is 5.91 Å². The number of likely N-dealkylation sites (N-methyl/N-ethyl adjacent to an activating group) is 1. The Hall–Kier alpha value is -2.28. The zero-order valence-corrected chi connectivity index (χ0v) is 12.6. The van der Waals surface area contributed by atoms with Crippen LogP contribution in [0.5, 0.6) is 0 Å². The molecular formula is C15H19FN4O2. The number of aromatic nitrogens is 2. The van der Waals surface area contributed by atoms with Gasteiger partial charge in [0.15, 0.2) is 5.82 Å². The van der Waals surface area contributed by atoms with Crippen LogP contribution in [0.1, 0.15) is 36.7 Å². The summed E-state index contributed by atoms with van der Waals surface area (Å²) in [7, 11) is 1.70. The van der Waals surface area contributed by atoms with Crippen molar-refractivity contribution in [1.82, 2.24) is 15.0 Å². The molecule has 7 heteroatoms. The van der Waals surface area contributed by atoms with Crippen molar-refractivity contribution in [3.63, 3.8) is 0 Å². The minimum Gasteiger partial charge on any atom is -0.368 e. The molecule has 1 aromatic heterocycles. The van der Waals surface area contributed by atoms with Gasteiger partial charge in [-0.05, 0) is 31.2 Å². The molecule has 2 aromatic rings. The normalized spacial score (nSPS) is 12.5. The highest BCUT2D eigenvalue weighted by atomic mass is 19.1. The average molecular weight is 306 g/mol. The van der Waals surface area contributed by atoms with Gasteiger partial charge in [-0.3, -0.25) is 9.69 Å². The van der Waals surface area contributed by atoms with Crippen molar-refractivity contribution in [3.05, 3.63) is 47.4 Å². The van der Waals surface area contributed by atoms with E-state index in [9.17, 15) is 9.18 Å². The first-order valence-corrected chi connectivity index (χ1v) is 7.07. The molecule has 1 amide bonds. The average Bonchev–Trinajstić information content (AvgIpc) is 2.86. The maximum absolute atomic E-state index is 13.4. The van der Waals surface area contributed by atoms with E-state index in [-0.39, 0.29) is 6.54 Å². The Labute approximate surface area is 128 Å². The van der Waals surface area contributed by atoms with Crippen LogP contribution in [-0.2, 0) is 17.8 Å². The molecule has 2 N–H and O–H groups in total. The van der Waals surface area contributed by atoms with Crippen LogP contribution in [0.2, 0.25) is 0 Å². The SMILES string of the molecule is CCCc1noc(CN(C)[C@H](C(N)=O)c2cccc(F)c2)n1. The third kappa shape index (κ3) is 3.88. The van der Waals surface area contributed by atoms with Crippen molar-refractivity contribution in [2.45, 2.75) is 32.4 Å². The van der Waals surface area contributed by atoms with E-state index >= 15 is 0 Å². The fourth-order valence-electron chi connectivity index (χ4n) is 2.30. The highest BCUT2D eigenvalue weighted by Gasteiger charge is 2.25. The number of hydrogen-bond donors (Lipinski definition) is 1. The van der Waals surface area contributed by atoms with Gasteiger partial charge in [0, 0.05) is 6.42 Å². The lowest BCUT2D eigenvalue weighted by Gasteiger charge is -2.24. The largest absolute Gasteiger partial charge is 0.368 e. The Kier molecular flexibility index (Phi) is 5.21. The van der Waals surface area contributed by atoms with Gasteiger partial charge in [0.05, 0.1) is 6.54 Å². The molecule has 118 valence electrons. The second-order valence-electron chi connectivity index (χ2n) is 5.13. The molecule has 0 saturated carbocycles. The molecule has 0 saturated heterocycles. The zero-order valence-electron chi connectivity index (χ0n) is 12.6. The molecular weight excluding hydrogens is 287 g/mol. The third-order valence-corrected chi connectivity index (χ3v) is 3.24. The highest BCUT2D eigenvalue weighted by molar-refractivity contribution is 5.81. The second kappa shape index (κ2) is 7.13. The molecule has 6 nitrogen and oxygen atoms in total. The Morgan fingerprint density at radius 2 is 2.27 bits per heavy atom. The Bertz CT molecular complexity index is 644. The monoisotopic (exact) mass is 306 g/mol. The molecule has 0 aliphatic rings. The number of rotatable bonds is 7. The minimum atomic E-state index is -0.766. The number of hydrogen-bond acceptors (Lipinski definition) is 5. The van der Waals surface area contributed by atoms with Gasteiger partial charge in [0.1, 0.15) is 11.9 Å². The van der Waals surface area contributed by atoms with E-state index in [1.165, 1.54) is 12.1 Å². The summed E-state index contributed by atoms with van der Waals surface area (Å²) in [5.74, 6) is 0.0439. The van der Waals surface area contributed by atoms with Crippen LogP contribution in [0, 0.1) is 5.82 Å². The van der Waals surface area contributed by atoms with Crippen molar-refractivity contribution in [2.75, 3.05) is 7.05 Å². The lowest BCUT2D eigenvalue weighted by molar-refractivity contribution is -0.123. The number of carbonyl (C=O) groups excluding carboxylic acids is 1. The fraction of sp³-hybridized carbons (Fsp3) is 0.400. The molecule has 1 heterocycles. The predicted octanol–water partition coefficient (Wildman–Crippen LogP) is 1.82. The summed E-state index contributed by atoms with van der Waals surface area (Å²) >= 11 is 0. The van der Waals surface area contributed by atoms with Crippen LogP contribution in [-0.4, -0.2) is 28.0 Å². The van der Waals surface area contributed by atoms with Crippen molar-refractivity contribution in [2.24, 2.45) is 5.73 Å². The summed E-state index contributed by atoms with van der Waals surface area (Å²) in [5.41, 5.74) is 5.95. The van der Waals surface area contributed by atoms with Gasteiger partial charge in [-0.25, -0.2) is 4.39 Å². The molecule has 0 aliphatic heterocycles. The van der Waals surface area contributed by atoms with E-state index in [1.54, 1.807) is 24.1 Å². The summed E-state index contributed by atoms with van der Waals surface area (Å²) in [6, 6.07) is 5.04. The Morgan fingerprint density at radius 1 is 1.50 bits per heavy atom. The number of primary amides is 1. The molecule has 0 aliphatic carbocycles. The maximum Gasteiger partial charge on any atom is 0.240 e. The van der Waals surface area contributed by atoms with Gasteiger partial charge in [0.2, 0.25) is 11.8 Å². The minimum absolute atomic E-state index is 0.251. The lowest BCUT2D eigenvalue weighted by Crippen LogP contribution is -2.35. The van der Waals surface area contributed by atoms with E-state index in [0.717, 1.165) is 12.8 Å². The lowest BCUT2D eigenvalue weighted by atomic mass is 10.0.